The molecule has 1 aromatic carbocycles. The summed E-state index contributed by atoms with van der Waals surface area (Å²) in [5.74, 6) is -2.06. The number of hydrogen-bond donors (Lipinski definition) is 0. The van der Waals surface area contributed by atoms with Crippen molar-refractivity contribution in [1.82, 2.24) is 0 Å². The van der Waals surface area contributed by atoms with Crippen LogP contribution < -0.4 is 0 Å². The third kappa shape index (κ3) is 2.56. The summed E-state index contributed by atoms with van der Waals surface area (Å²) in [6.07, 6.45) is 0. The van der Waals surface area contributed by atoms with Crippen LogP contribution in [-0.4, -0.2) is 10.4 Å². The second kappa shape index (κ2) is 4.01. The molecule has 0 fully saturated rings. The molecule has 1 nitrogen and oxygen atoms in total. The summed E-state index contributed by atoms with van der Waals surface area (Å²) in [5, 5.41) is -0.171. The number of Topliss-reactive ketones (excluding diaryl/α,β-unsaturated/α-hetero) is 1. The number of ketones is 1. The Hall–Kier alpha value is -0.380. The predicted molar refractivity (Wildman–Crippen MR) is 51.3 cm³/mol. The van der Waals surface area contributed by atoms with Gasteiger partial charge in [-0.15, -0.1) is 0 Å². The number of rotatable bonds is 2. The molecular formula is C8H3Cl3F2O. The topological polar surface area (TPSA) is 17.1 Å². The van der Waals surface area contributed by atoms with E-state index in [0.717, 1.165) is 18.2 Å². The lowest BCUT2D eigenvalue weighted by atomic mass is 10.1. The Balaban J connectivity index is 3.10. The highest BCUT2D eigenvalue weighted by molar-refractivity contribution is 6.58. The van der Waals surface area contributed by atoms with E-state index in [4.69, 9.17) is 34.8 Å². The average Bonchev–Trinajstić information content (AvgIpc) is 2.07. The summed E-state index contributed by atoms with van der Waals surface area (Å²) in [7, 11) is 0. The van der Waals surface area contributed by atoms with Crippen LogP contribution in [0.5, 0.6) is 0 Å². The van der Waals surface area contributed by atoms with E-state index < -0.39 is 16.2 Å². The maximum Gasteiger partial charge on any atom is 0.320 e. The lowest BCUT2D eigenvalue weighted by Crippen LogP contribution is -2.20. The molecule has 0 aromatic heterocycles. The molecule has 0 unspecified atom stereocenters. The number of carbonyl (C=O) groups is 1. The molecule has 6 heteroatoms. The Labute approximate surface area is 93.6 Å². The number of carbonyl (C=O) groups excluding carboxylic acids is 1. The van der Waals surface area contributed by atoms with E-state index in [9.17, 15) is 13.6 Å². The quantitative estimate of drug-likeness (QED) is 0.584. The Kier molecular flexibility index (Phi) is 3.35. The fourth-order valence-corrected chi connectivity index (χ4v) is 1.14. The maximum absolute atomic E-state index is 12.8. The molecule has 0 heterocycles. The van der Waals surface area contributed by atoms with Crippen molar-refractivity contribution in [2.75, 3.05) is 0 Å². The smallest absolute Gasteiger partial charge is 0.288 e. The average molecular weight is 259 g/mol. The molecule has 0 bridgehead atoms. The van der Waals surface area contributed by atoms with Crippen molar-refractivity contribution in [2.24, 2.45) is 0 Å². The van der Waals surface area contributed by atoms with Crippen LogP contribution in [0.3, 0.4) is 0 Å². The van der Waals surface area contributed by atoms with Crippen molar-refractivity contribution < 1.29 is 13.6 Å². The highest BCUT2D eigenvalue weighted by atomic mass is 35.5. The normalized spacial score (nSPS) is 11.5. The minimum atomic E-state index is -3.06. The number of benzene rings is 1. The molecule has 0 atom stereocenters. The van der Waals surface area contributed by atoms with Crippen molar-refractivity contribution in [1.29, 1.82) is 0 Å². The zero-order valence-electron chi connectivity index (χ0n) is 6.53. The SMILES string of the molecule is O=C(c1ccc(Cl)c(F)c1)C(F)(Cl)Cl. The van der Waals surface area contributed by atoms with E-state index in [1.165, 1.54) is 0 Å². The summed E-state index contributed by atoms with van der Waals surface area (Å²) in [5.41, 5.74) is -0.278. The van der Waals surface area contributed by atoms with E-state index in [1.807, 2.05) is 0 Å². The molecule has 0 aliphatic rings. The Morgan fingerprint density at radius 3 is 2.36 bits per heavy atom. The Morgan fingerprint density at radius 1 is 1.36 bits per heavy atom. The summed E-state index contributed by atoms with van der Waals surface area (Å²) in [4.78, 5) is 11.1. The van der Waals surface area contributed by atoms with Gasteiger partial charge in [0, 0.05) is 5.56 Å². The van der Waals surface area contributed by atoms with Gasteiger partial charge in [0.2, 0.25) is 5.78 Å². The molecule has 1 aromatic rings. The van der Waals surface area contributed by atoms with Gasteiger partial charge >= 0.3 is 4.59 Å². The van der Waals surface area contributed by atoms with Gasteiger partial charge in [-0.3, -0.25) is 4.79 Å². The third-order valence-corrected chi connectivity index (χ3v) is 2.09. The number of hydrogen-bond acceptors (Lipinski definition) is 1. The third-order valence-electron chi connectivity index (χ3n) is 1.44. The van der Waals surface area contributed by atoms with E-state index in [1.54, 1.807) is 0 Å². The van der Waals surface area contributed by atoms with Crippen LogP contribution in [0, 0.1) is 5.82 Å². The van der Waals surface area contributed by atoms with E-state index in [2.05, 4.69) is 0 Å². The molecule has 0 amide bonds. The fraction of sp³-hybridized carbons (Fsp3) is 0.125. The van der Waals surface area contributed by atoms with Crippen LogP contribution in [0.4, 0.5) is 8.78 Å². The minimum absolute atomic E-state index is 0.171. The van der Waals surface area contributed by atoms with Crippen molar-refractivity contribution >= 4 is 40.6 Å². The molecule has 0 radical (unpaired) electrons. The van der Waals surface area contributed by atoms with E-state index >= 15 is 0 Å². The van der Waals surface area contributed by atoms with Gasteiger partial charge in [-0.05, 0) is 18.2 Å². The molecule has 14 heavy (non-hydrogen) atoms. The first-order valence-electron chi connectivity index (χ1n) is 3.39. The van der Waals surface area contributed by atoms with E-state index in [-0.39, 0.29) is 10.6 Å². The molecule has 0 saturated carbocycles. The Bertz CT molecular complexity index is 373. The van der Waals surface area contributed by atoms with Gasteiger partial charge in [0.25, 0.3) is 0 Å². The highest BCUT2D eigenvalue weighted by Gasteiger charge is 2.34. The largest absolute Gasteiger partial charge is 0.320 e. The summed E-state index contributed by atoms with van der Waals surface area (Å²) >= 11 is 15.2. The van der Waals surface area contributed by atoms with Crippen LogP contribution >= 0.6 is 34.8 Å². The predicted octanol–water partition coefficient (Wildman–Crippen LogP) is 3.76. The molecule has 0 N–H and O–H groups in total. The Morgan fingerprint density at radius 2 is 1.93 bits per heavy atom. The van der Waals surface area contributed by atoms with Gasteiger partial charge in [0.1, 0.15) is 5.82 Å². The van der Waals surface area contributed by atoms with Gasteiger partial charge in [0.05, 0.1) is 5.02 Å². The van der Waals surface area contributed by atoms with Crippen molar-refractivity contribution in [3.63, 3.8) is 0 Å². The lowest BCUT2D eigenvalue weighted by molar-refractivity contribution is 0.0905. The summed E-state index contributed by atoms with van der Waals surface area (Å²) in [6, 6.07) is 3.01. The van der Waals surface area contributed by atoms with Crippen LogP contribution in [0.25, 0.3) is 0 Å². The zero-order valence-corrected chi connectivity index (χ0v) is 8.80. The van der Waals surface area contributed by atoms with Crippen LogP contribution in [0.2, 0.25) is 5.02 Å². The van der Waals surface area contributed by atoms with E-state index in [0.29, 0.717) is 0 Å². The molecule has 0 aliphatic carbocycles. The maximum atomic E-state index is 12.8. The highest BCUT2D eigenvalue weighted by Crippen LogP contribution is 2.28. The first kappa shape index (κ1) is 11.7. The first-order chi connectivity index (χ1) is 6.32. The number of alkyl halides is 3. The fourth-order valence-electron chi connectivity index (χ4n) is 0.801. The van der Waals surface area contributed by atoms with Gasteiger partial charge in [-0.1, -0.05) is 34.8 Å². The summed E-state index contributed by atoms with van der Waals surface area (Å²) in [6.45, 7) is 0. The molecule has 1 rings (SSSR count). The molecule has 0 aliphatic heterocycles. The second-order valence-electron chi connectivity index (χ2n) is 2.46. The van der Waals surface area contributed by atoms with Crippen LogP contribution in [0.1, 0.15) is 10.4 Å². The van der Waals surface area contributed by atoms with Crippen LogP contribution in [-0.2, 0) is 0 Å². The zero-order chi connectivity index (χ0) is 10.9. The lowest BCUT2D eigenvalue weighted by Gasteiger charge is -2.07. The second-order valence-corrected chi connectivity index (χ2v) is 4.10. The van der Waals surface area contributed by atoms with Gasteiger partial charge < -0.3 is 0 Å². The van der Waals surface area contributed by atoms with Gasteiger partial charge in [-0.25, -0.2) is 4.39 Å². The van der Waals surface area contributed by atoms with Crippen molar-refractivity contribution in [3.8, 4) is 0 Å². The monoisotopic (exact) mass is 258 g/mol. The van der Waals surface area contributed by atoms with Gasteiger partial charge in [0.15, 0.2) is 0 Å². The summed E-state index contributed by atoms with van der Waals surface area (Å²) < 4.78 is 22.5. The number of halogens is 5. The van der Waals surface area contributed by atoms with Crippen molar-refractivity contribution in [2.45, 2.75) is 4.59 Å². The van der Waals surface area contributed by atoms with Gasteiger partial charge in [-0.2, -0.15) is 4.39 Å². The van der Waals surface area contributed by atoms with Crippen molar-refractivity contribution in [3.05, 3.63) is 34.6 Å². The molecular weight excluding hydrogens is 256 g/mol. The van der Waals surface area contributed by atoms with Crippen LogP contribution in [0.15, 0.2) is 18.2 Å². The molecule has 0 saturated heterocycles. The first-order valence-corrected chi connectivity index (χ1v) is 4.52. The molecule has 76 valence electrons. The standard InChI is InChI=1S/C8H3Cl3F2O/c9-5-2-1-4(3-6(5)12)7(14)8(10,11)13/h1-3H. The minimum Gasteiger partial charge on any atom is -0.288 e. The molecule has 0 spiro atoms.